The maximum atomic E-state index is 11.7. The number of benzene rings is 1. The topological polar surface area (TPSA) is 133 Å². The van der Waals surface area contributed by atoms with Crippen LogP contribution in [0.1, 0.15) is 12.8 Å². The van der Waals surface area contributed by atoms with Crippen molar-refractivity contribution < 1.29 is 22.9 Å². The predicted molar refractivity (Wildman–Crippen MR) is 81.4 cm³/mol. The van der Waals surface area contributed by atoms with Crippen LogP contribution in [0.2, 0.25) is 0 Å². The highest BCUT2D eigenvalue weighted by Crippen LogP contribution is 2.33. The van der Waals surface area contributed by atoms with Crippen molar-refractivity contribution in [3.05, 3.63) is 28.3 Å². The van der Waals surface area contributed by atoms with Gasteiger partial charge in [-0.05, 0) is 25.0 Å². The lowest BCUT2D eigenvalue weighted by atomic mass is 9.97. The van der Waals surface area contributed by atoms with Gasteiger partial charge >= 0.3 is 5.97 Å². The zero-order valence-electron chi connectivity index (χ0n) is 12.5. The zero-order valence-corrected chi connectivity index (χ0v) is 13.3. The highest BCUT2D eigenvalue weighted by atomic mass is 32.2. The lowest BCUT2D eigenvalue weighted by Gasteiger charge is -2.32. The molecule has 2 rings (SSSR count). The van der Waals surface area contributed by atoms with Crippen LogP contribution in [-0.4, -0.2) is 39.5 Å². The number of nitrogens with two attached hydrogens (primary N) is 1. The fraction of sp³-hybridized carbons (Fsp3) is 0.462. The summed E-state index contributed by atoms with van der Waals surface area (Å²) in [5, 5.41) is 16.3. The Balaban J connectivity index is 2.38. The van der Waals surface area contributed by atoms with Crippen LogP contribution in [0.25, 0.3) is 0 Å². The van der Waals surface area contributed by atoms with Gasteiger partial charge in [0.25, 0.3) is 5.69 Å². The van der Waals surface area contributed by atoms with Crippen molar-refractivity contribution in [3.63, 3.8) is 0 Å². The van der Waals surface area contributed by atoms with Gasteiger partial charge in [0.15, 0.2) is 0 Å². The number of methoxy groups -OCH3 is 1. The second-order valence-electron chi connectivity index (χ2n) is 5.26. The third kappa shape index (κ3) is 3.77. The number of nitro groups is 1. The van der Waals surface area contributed by atoms with Crippen molar-refractivity contribution in [1.82, 2.24) is 0 Å². The molecule has 1 unspecified atom stereocenters. The normalized spacial score (nSPS) is 18.5. The van der Waals surface area contributed by atoms with E-state index in [1.165, 1.54) is 19.2 Å². The van der Waals surface area contributed by atoms with Crippen molar-refractivity contribution in [3.8, 4) is 0 Å². The van der Waals surface area contributed by atoms with Crippen molar-refractivity contribution in [2.75, 3.05) is 25.1 Å². The van der Waals surface area contributed by atoms with Crippen LogP contribution >= 0.6 is 0 Å². The van der Waals surface area contributed by atoms with E-state index in [-0.39, 0.29) is 34.7 Å². The van der Waals surface area contributed by atoms with Gasteiger partial charge in [0.1, 0.15) is 5.69 Å². The maximum Gasteiger partial charge on any atom is 0.310 e. The number of carbonyl (C=O) groups excluding carboxylic acids is 1. The molecule has 1 aliphatic heterocycles. The quantitative estimate of drug-likeness (QED) is 0.481. The second-order valence-corrected chi connectivity index (χ2v) is 6.82. The van der Waals surface area contributed by atoms with Gasteiger partial charge in [-0.15, -0.1) is 0 Å². The van der Waals surface area contributed by atoms with E-state index in [1.807, 2.05) is 0 Å². The summed E-state index contributed by atoms with van der Waals surface area (Å²) in [5.74, 6) is -0.732. The molecule has 1 saturated heterocycles. The number of nitro benzene ring substituents is 1. The Labute approximate surface area is 133 Å². The Morgan fingerprint density at radius 1 is 1.48 bits per heavy atom. The van der Waals surface area contributed by atoms with E-state index in [0.717, 1.165) is 6.07 Å². The molecule has 0 aromatic heterocycles. The molecule has 0 saturated carbocycles. The van der Waals surface area contributed by atoms with Crippen molar-refractivity contribution in [1.29, 1.82) is 0 Å². The van der Waals surface area contributed by atoms with Gasteiger partial charge in [-0.3, -0.25) is 14.9 Å². The van der Waals surface area contributed by atoms with Gasteiger partial charge in [-0.2, -0.15) is 0 Å². The molecule has 9 nitrogen and oxygen atoms in total. The fourth-order valence-electron chi connectivity index (χ4n) is 2.65. The Bertz CT molecular complexity index is 733. The van der Waals surface area contributed by atoms with E-state index >= 15 is 0 Å². The number of carbonyl (C=O) groups is 1. The molecule has 0 aliphatic carbocycles. The Morgan fingerprint density at radius 3 is 2.74 bits per heavy atom. The van der Waals surface area contributed by atoms with Crippen LogP contribution in [0.3, 0.4) is 0 Å². The molecule has 23 heavy (non-hydrogen) atoms. The average molecular weight is 343 g/mol. The van der Waals surface area contributed by atoms with Crippen LogP contribution in [0.4, 0.5) is 11.4 Å². The molecule has 126 valence electrons. The van der Waals surface area contributed by atoms with Crippen LogP contribution in [0.5, 0.6) is 0 Å². The largest absolute Gasteiger partial charge is 0.469 e. The first kappa shape index (κ1) is 17.2. The van der Waals surface area contributed by atoms with Crippen molar-refractivity contribution in [2.45, 2.75) is 17.7 Å². The first-order chi connectivity index (χ1) is 10.7. The standard InChI is InChI=1S/C13H17N3O6S/c1-22-13(17)9-3-2-6-15(8-9)11-5-4-10(23(14,20)21)7-12(11)16(18)19/h4-5,7,9H,2-3,6,8H2,1H3,(H2,14,20,21). The van der Waals surface area contributed by atoms with Crippen LogP contribution in [0, 0.1) is 16.0 Å². The van der Waals surface area contributed by atoms with Gasteiger partial charge < -0.3 is 9.64 Å². The molecule has 0 spiro atoms. The maximum absolute atomic E-state index is 11.7. The molecule has 10 heteroatoms. The lowest BCUT2D eigenvalue weighted by molar-refractivity contribution is -0.384. The second kappa shape index (κ2) is 6.50. The van der Waals surface area contributed by atoms with E-state index in [2.05, 4.69) is 0 Å². The monoisotopic (exact) mass is 343 g/mol. The summed E-state index contributed by atoms with van der Waals surface area (Å²) in [4.78, 5) is 23.6. The van der Waals surface area contributed by atoms with Gasteiger partial charge in [0.05, 0.1) is 22.8 Å². The third-order valence-electron chi connectivity index (χ3n) is 3.77. The van der Waals surface area contributed by atoms with Gasteiger partial charge in [-0.1, -0.05) is 0 Å². The van der Waals surface area contributed by atoms with Crippen LogP contribution in [-0.2, 0) is 19.6 Å². The van der Waals surface area contributed by atoms with E-state index in [0.29, 0.717) is 19.4 Å². The summed E-state index contributed by atoms with van der Waals surface area (Å²) in [6.07, 6.45) is 1.32. The molecule has 1 atom stereocenters. The summed E-state index contributed by atoms with van der Waals surface area (Å²) in [6.45, 7) is 0.811. The average Bonchev–Trinajstić information content (AvgIpc) is 2.52. The number of nitrogens with zero attached hydrogens (tertiary/aromatic N) is 2. The molecular formula is C13H17N3O6S. The van der Waals surface area contributed by atoms with Crippen molar-refractivity contribution in [2.24, 2.45) is 11.1 Å². The molecule has 0 bridgehead atoms. The van der Waals surface area contributed by atoms with Crippen molar-refractivity contribution >= 4 is 27.4 Å². The first-order valence-corrected chi connectivity index (χ1v) is 8.42. The minimum absolute atomic E-state index is 0.260. The minimum Gasteiger partial charge on any atom is -0.469 e. The Hall–Kier alpha value is -2.20. The Morgan fingerprint density at radius 2 is 2.17 bits per heavy atom. The molecule has 1 heterocycles. The van der Waals surface area contributed by atoms with E-state index in [4.69, 9.17) is 9.88 Å². The molecule has 0 radical (unpaired) electrons. The highest BCUT2D eigenvalue weighted by molar-refractivity contribution is 7.89. The molecule has 0 amide bonds. The summed E-state index contributed by atoms with van der Waals surface area (Å²) < 4.78 is 27.4. The number of ether oxygens (including phenoxy) is 1. The molecule has 1 aliphatic rings. The predicted octanol–water partition coefficient (Wildman–Crippen LogP) is 0.632. The molecular weight excluding hydrogens is 326 g/mol. The number of anilines is 1. The molecule has 1 fully saturated rings. The van der Waals surface area contributed by atoms with E-state index in [1.54, 1.807) is 4.90 Å². The smallest absolute Gasteiger partial charge is 0.310 e. The summed E-state index contributed by atoms with van der Waals surface area (Å²) in [7, 11) is -2.74. The lowest BCUT2D eigenvalue weighted by Crippen LogP contribution is -2.39. The molecule has 1 aromatic carbocycles. The molecule has 1 aromatic rings. The summed E-state index contributed by atoms with van der Waals surface area (Å²) in [6, 6.07) is 3.50. The first-order valence-electron chi connectivity index (χ1n) is 6.88. The minimum atomic E-state index is -4.03. The van der Waals surface area contributed by atoms with Gasteiger partial charge in [0, 0.05) is 19.2 Å². The van der Waals surface area contributed by atoms with E-state index < -0.39 is 14.9 Å². The number of hydrogen-bond donors (Lipinski definition) is 1. The van der Waals surface area contributed by atoms with Crippen LogP contribution in [0.15, 0.2) is 23.1 Å². The fourth-order valence-corrected chi connectivity index (χ4v) is 3.18. The van der Waals surface area contributed by atoms with Gasteiger partial charge in [-0.25, -0.2) is 13.6 Å². The number of piperidine rings is 1. The zero-order chi connectivity index (χ0) is 17.2. The highest BCUT2D eigenvalue weighted by Gasteiger charge is 2.30. The number of esters is 1. The summed E-state index contributed by atoms with van der Waals surface area (Å²) >= 11 is 0. The number of primary sulfonamides is 1. The van der Waals surface area contributed by atoms with Crippen LogP contribution < -0.4 is 10.0 Å². The Kier molecular flexibility index (Phi) is 4.85. The number of sulfonamides is 1. The van der Waals surface area contributed by atoms with E-state index in [9.17, 15) is 23.3 Å². The number of hydrogen-bond acceptors (Lipinski definition) is 7. The molecule has 2 N–H and O–H groups in total. The SMILES string of the molecule is COC(=O)C1CCCN(c2ccc(S(N)(=O)=O)cc2[N+](=O)[O-])C1. The number of rotatable bonds is 4. The summed E-state index contributed by atoms with van der Waals surface area (Å²) in [5.41, 5.74) is -0.0990. The third-order valence-corrected chi connectivity index (χ3v) is 4.68. The van der Waals surface area contributed by atoms with Gasteiger partial charge in [0.2, 0.25) is 10.0 Å².